The maximum atomic E-state index is 4.39. The molecular formula is C11H20N2S. The first-order chi connectivity index (χ1) is 6.67. The normalized spacial score (nSPS) is 13.5. The van der Waals surface area contributed by atoms with Crippen molar-refractivity contribution in [1.29, 1.82) is 0 Å². The third-order valence-electron chi connectivity index (χ3n) is 2.48. The van der Waals surface area contributed by atoms with Crippen LogP contribution in [0.1, 0.15) is 49.5 Å². The molecular weight excluding hydrogens is 192 g/mol. The summed E-state index contributed by atoms with van der Waals surface area (Å²) in [6.07, 6.45) is 4.32. The van der Waals surface area contributed by atoms with Gasteiger partial charge >= 0.3 is 0 Å². The highest BCUT2D eigenvalue weighted by atomic mass is 32.1. The Bertz CT molecular complexity index is 266. The lowest BCUT2D eigenvalue weighted by molar-refractivity contribution is 0.431. The van der Waals surface area contributed by atoms with Crippen LogP contribution in [-0.2, 0) is 0 Å². The molecule has 80 valence electrons. The Kier molecular flexibility index (Phi) is 4.55. The number of thiazole rings is 1. The summed E-state index contributed by atoms with van der Waals surface area (Å²) in [7, 11) is 0. The van der Waals surface area contributed by atoms with Crippen molar-refractivity contribution < 1.29 is 0 Å². The van der Waals surface area contributed by atoms with Gasteiger partial charge in [-0.2, -0.15) is 0 Å². The first kappa shape index (κ1) is 11.7. The van der Waals surface area contributed by atoms with Crippen LogP contribution in [0.25, 0.3) is 0 Å². The molecule has 0 aromatic carbocycles. The van der Waals surface area contributed by atoms with Gasteiger partial charge in [0.15, 0.2) is 0 Å². The largest absolute Gasteiger partial charge is 0.305 e. The lowest BCUT2D eigenvalue weighted by Gasteiger charge is -2.19. The van der Waals surface area contributed by atoms with Crippen molar-refractivity contribution in [2.45, 2.75) is 52.6 Å². The van der Waals surface area contributed by atoms with E-state index in [9.17, 15) is 0 Å². The molecule has 1 aromatic rings. The predicted molar refractivity (Wildman–Crippen MR) is 62.8 cm³/mol. The van der Waals surface area contributed by atoms with Crippen LogP contribution in [0.4, 0.5) is 0 Å². The highest BCUT2D eigenvalue weighted by Gasteiger charge is 2.12. The van der Waals surface area contributed by atoms with Crippen LogP contribution in [-0.4, -0.2) is 11.0 Å². The molecule has 1 aromatic heterocycles. The third kappa shape index (κ3) is 3.07. The van der Waals surface area contributed by atoms with E-state index in [2.05, 4.69) is 38.0 Å². The average molecular weight is 212 g/mol. The van der Waals surface area contributed by atoms with Crippen molar-refractivity contribution in [3.05, 3.63) is 16.1 Å². The minimum atomic E-state index is 0.388. The quantitative estimate of drug-likeness (QED) is 0.810. The predicted octanol–water partition coefficient (Wildman–Crippen LogP) is 3.29. The van der Waals surface area contributed by atoms with Gasteiger partial charge in [0.2, 0.25) is 0 Å². The molecule has 0 saturated carbocycles. The highest BCUT2D eigenvalue weighted by molar-refractivity contribution is 7.11. The molecule has 0 radical (unpaired) electrons. The fourth-order valence-electron chi connectivity index (χ4n) is 1.52. The summed E-state index contributed by atoms with van der Waals surface area (Å²) < 4.78 is 0. The molecule has 0 amide bonds. The second-order valence-corrected chi connectivity index (χ2v) is 4.98. The molecule has 1 unspecified atom stereocenters. The summed E-state index contributed by atoms with van der Waals surface area (Å²) in [6.45, 7) is 8.74. The zero-order chi connectivity index (χ0) is 10.6. The Labute approximate surface area is 90.8 Å². The molecule has 0 aliphatic carbocycles. The van der Waals surface area contributed by atoms with Crippen LogP contribution >= 0.6 is 11.3 Å². The van der Waals surface area contributed by atoms with Crippen LogP contribution in [0.15, 0.2) is 6.20 Å². The summed E-state index contributed by atoms with van der Waals surface area (Å²) >= 11 is 1.79. The fourth-order valence-corrected chi connectivity index (χ4v) is 2.31. The summed E-state index contributed by atoms with van der Waals surface area (Å²) in [5.74, 6) is 0. The molecule has 14 heavy (non-hydrogen) atoms. The van der Waals surface area contributed by atoms with Crippen LogP contribution in [0.3, 0.4) is 0 Å². The number of nitrogens with zero attached hydrogens (tertiary/aromatic N) is 1. The number of hydrogen-bond donors (Lipinski definition) is 1. The molecule has 0 aliphatic heterocycles. The van der Waals surface area contributed by atoms with Gasteiger partial charge < -0.3 is 5.32 Å². The molecule has 1 N–H and O–H groups in total. The van der Waals surface area contributed by atoms with Gasteiger partial charge in [0.25, 0.3) is 0 Å². The first-order valence-electron chi connectivity index (χ1n) is 5.35. The number of nitrogens with one attached hydrogen (secondary N) is 1. The lowest BCUT2D eigenvalue weighted by atomic mass is 10.1. The third-order valence-corrected chi connectivity index (χ3v) is 3.58. The number of aromatic nitrogens is 1. The lowest BCUT2D eigenvalue weighted by Crippen LogP contribution is -2.30. The van der Waals surface area contributed by atoms with Crippen LogP contribution in [0, 0.1) is 6.92 Å². The molecule has 3 heteroatoms. The molecule has 1 atom stereocenters. The van der Waals surface area contributed by atoms with E-state index in [0.29, 0.717) is 12.1 Å². The number of aryl methyl sites for hydroxylation is 1. The fraction of sp³-hybridized carbons (Fsp3) is 0.727. The molecule has 0 saturated heterocycles. The zero-order valence-electron chi connectivity index (χ0n) is 9.50. The van der Waals surface area contributed by atoms with Gasteiger partial charge in [0, 0.05) is 17.1 Å². The molecule has 0 spiro atoms. The Balaban J connectivity index is 2.53. The highest BCUT2D eigenvalue weighted by Crippen LogP contribution is 2.19. The van der Waals surface area contributed by atoms with Crippen molar-refractivity contribution in [2.75, 3.05) is 0 Å². The van der Waals surface area contributed by atoms with Gasteiger partial charge in [-0.25, -0.2) is 4.98 Å². The van der Waals surface area contributed by atoms with E-state index in [-0.39, 0.29) is 0 Å². The van der Waals surface area contributed by atoms with Gasteiger partial charge in [-0.15, -0.1) is 11.3 Å². The monoisotopic (exact) mass is 212 g/mol. The Morgan fingerprint density at radius 2 is 2.07 bits per heavy atom. The average Bonchev–Trinajstić information content (AvgIpc) is 2.61. The van der Waals surface area contributed by atoms with E-state index in [1.807, 2.05) is 6.20 Å². The minimum absolute atomic E-state index is 0.388. The summed E-state index contributed by atoms with van der Waals surface area (Å²) in [5, 5.41) is 4.80. The van der Waals surface area contributed by atoms with Crippen LogP contribution in [0.5, 0.6) is 0 Å². The summed E-state index contributed by atoms with van der Waals surface area (Å²) in [4.78, 5) is 5.68. The van der Waals surface area contributed by atoms with Crippen LogP contribution < -0.4 is 5.32 Å². The van der Waals surface area contributed by atoms with Crippen molar-refractivity contribution in [3.63, 3.8) is 0 Å². The Hall–Kier alpha value is -0.410. The van der Waals surface area contributed by atoms with E-state index < -0.39 is 0 Å². The van der Waals surface area contributed by atoms with E-state index in [4.69, 9.17) is 0 Å². The SMILES string of the molecule is CCC(CC)NC(C)c1ncc(C)s1. The summed E-state index contributed by atoms with van der Waals surface area (Å²) in [6, 6.07) is 1.01. The van der Waals surface area contributed by atoms with Gasteiger partial charge in [-0.05, 0) is 26.7 Å². The molecule has 1 rings (SSSR count). The van der Waals surface area contributed by atoms with Crippen molar-refractivity contribution in [1.82, 2.24) is 10.3 Å². The molecule has 0 bridgehead atoms. The zero-order valence-corrected chi connectivity index (χ0v) is 10.3. The van der Waals surface area contributed by atoms with Crippen molar-refractivity contribution >= 4 is 11.3 Å². The van der Waals surface area contributed by atoms with E-state index in [0.717, 1.165) is 0 Å². The maximum Gasteiger partial charge on any atom is 0.109 e. The van der Waals surface area contributed by atoms with Crippen LogP contribution in [0.2, 0.25) is 0 Å². The van der Waals surface area contributed by atoms with Gasteiger partial charge in [0.05, 0.1) is 6.04 Å². The number of hydrogen-bond acceptors (Lipinski definition) is 3. The van der Waals surface area contributed by atoms with Crippen molar-refractivity contribution in [3.8, 4) is 0 Å². The molecule has 1 heterocycles. The molecule has 0 fully saturated rings. The van der Waals surface area contributed by atoms with Crippen molar-refractivity contribution in [2.24, 2.45) is 0 Å². The maximum absolute atomic E-state index is 4.39. The second-order valence-electron chi connectivity index (χ2n) is 3.71. The Morgan fingerprint density at radius 1 is 1.43 bits per heavy atom. The summed E-state index contributed by atoms with van der Waals surface area (Å²) in [5.41, 5.74) is 0. The van der Waals surface area contributed by atoms with Gasteiger partial charge in [-0.3, -0.25) is 0 Å². The second kappa shape index (κ2) is 5.47. The molecule has 2 nitrogen and oxygen atoms in total. The smallest absolute Gasteiger partial charge is 0.109 e. The van der Waals surface area contributed by atoms with E-state index in [1.165, 1.54) is 22.7 Å². The van der Waals surface area contributed by atoms with E-state index >= 15 is 0 Å². The Morgan fingerprint density at radius 3 is 2.50 bits per heavy atom. The first-order valence-corrected chi connectivity index (χ1v) is 6.17. The van der Waals surface area contributed by atoms with E-state index in [1.54, 1.807) is 11.3 Å². The topological polar surface area (TPSA) is 24.9 Å². The van der Waals surface area contributed by atoms with Gasteiger partial charge in [-0.1, -0.05) is 13.8 Å². The number of rotatable bonds is 5. The standard InChI is InChI=1S/C11H20N2S/c1-5-10(6-2)13-9(4)11-12-7-8(3)14-11/h7,9-10,13H,5-6H2,1-4H3. The molecule has 0 aliphatic rings. The minimum Gasteiger partial charge on any atom is -0.305 e. The van der Waals surface area contributed by atoms with Gasteiger partial charge in [0.1, 0.15) is 5.01 Å².